The summed E-state index contributed by atoms with van der Waals surface area (Å²) < 4.78 is 12.4. The minimum absolute atomic E-state index is 0.252. The van der Waals surface area contributed by atoms with Gasteiger partial charge in [0.1, 0.15) is 0 Å². The Balaban J connectivity index is 1.42. The van der Waals surface area contributed by atoms with Crippen molar-refractivity contribution < 1.29 is 9.47 Å². The molecule has 0 radical (unpaired) electrons. The zero-order valence-corrected chi connectivity index (χ0v) is 17.6. The fourth-order valence-electron chi connectivity index (χ4n) is 4.35. The van der Waals surface area contributed by atoms with E-state index in [2.05, 4.69) is 50.3 Å². The molecule has 32 heavy (non-hydrogen) atoms. The largest absolute Gasteiger partial charge is 0.480 e. The van der Waals surface area contributed by atoms with E-state index in [1.807, 2.05) is 23.0 Å². The van der Waals surface area contributed by atoms with Crippen LogP contribution in [0.4, 0.5) is 0 Å². The fourth-order valence-corrected chi connectivity index (χ4v) is 4.35. The van der Waals surface area contributed by atoms with Gasteiger partial charge in [0, 0.05) is 35.7 Å². The number of nitrogens with zero attached hydrogens (tertiary/aromatic N) is 6. The number of ether oxygens (including phenoxy) is 2. The van der Waals surface area contributed by atoms with Crippen molar-refractivity contribution >= 4 is 16.6 Å². The van der Waals surface area contributed by atoms with Crippen molar-refractivity contribution in [2.24, 2.45) is 0 Å². The Morgan fingerprint density at radius 1 is 0.969 bits per heavy atom. The third kappa shape index (κ3) is 3.03. The summed E-state index contributed by atoms with van der Waals surface area (Å²) >= 11 is 0. The summed E-state index contributed by atoms with van der Waals surface area (Å²) in [6.45, 7) is 0. The summed E-state index contributed by atoms with van der Waals surface area (Å²) in [4.78, 5) is 17.6. The molecule has 2 unspecified atom stereocenters. The molecule has 4 aromatic heterocycles. The van der Waals surface area contributed by atoms with Crippen molar-refractivity contribution in [3.63, 3.8) is 0 Å². The third-order valence-electron chi connectivity index (χ3n) is 6.02. The standard InChI is InChI=1S/C24H20N6O2/c1-31-23-19(13-27-24(28-23)32-2)21-12-18(22-26-8-9-30(22)29-21)17-11-16(17)15-6-5-14-4-3-7-25-20(14)10-15/h3-10,12-13,16-17H,11H2,1-2H3. The smallest absolute Gasteiger partial charge is 0.319 e. The number of aromatic nitrogens is 6. The molecule has 8 heteroatoms. The average Bonchev–Trinajstić information content (AvgIpc) is 3.50. The van der Waals surface area contributed by atoms with Gasteiger partial charge in [-0.2, -0.15) is 10.1 Å². The first-order valence-electron chi connectivity index (χ1n) is 10.4. The van der Waals surface area contributed by atoms with Gasteiger partial charge in [0.15, 0.2) is 5.65 Å². The van der Waals surface area contributed by atoms with Crippen LogP contribution in [0.15, 0.2) is 61.2 Å². The number of pyridine rings is 1. The van der Waals surface area contributed by atoms with Gasteiger partial charge >= 0.3 is 6.01 Å². The van der Waals surface area contributed by atoms with Gasteiger partial charge in [-0.25, -0.2) is 14.5 Å². The summed E-state index contributed by atoms with van der Waals surface area (Å²) in [5.41, 5.74) is 5.79. The highest BCUT2D eigenvalue weighted by Gasteiger charge is 2.41. The van der Waals surface area contributed by atoms with Crippen molar-refractivity contribution in [1.29, 1.82) is 0 Å². The van der Waals surface area contributed by atoms with Gasteiger partial charge in [-0.15, -0.1) is 0 Å². The predicted molar refractivity (Wildman–Crippen MR) is 119 cm³/mol. The van der Waals surface area contributed by atoms with Gasteiger partial charge in [-0.05, 0) is 42.0 Å². The molecule has 2 atom stereocenters. The molecule has 1 fully saturated rings. The van der Waals surface area contributed by atoms with Crippen LogP contribution in [0.3, 0.4) is 0 Å². The van der Waals surface area contributed by atoms with Crippen LogP contribution < -0.4 is 9.47 Å². The first kappa shape index (κ1) is 18.7. The Kier molecular flexibility index (Phi) is 4.24. The number of fused-ring (bicyclic) bond motifs is 2. The van der Waals surface area contributed by atoms with Crippen molar-refractivity contribution in [1.82, 2.24) is 29.5 Å². The molecule has 1 aromatic carbocycles. The minimum Gasteiger partial charge on any atom is -0.480 e. The Bertz CT molecular complexity index is 1460. The predicted octanol–water partition coefficient (Wildman–Crippen LogP) is 4.02. The van der Waals surface area contributed by atoms with E-state index in [-0.39, 0.29) is 6.01 Å². The Morgan fingerprint density at radius 2 is 1.91 bits per heavy atom. The Morgan fingerprint density at radius 3 is 2.78 bits per heavy atom. The van der Waals surface area contributed by atoms with Gasteiger partial charge in [-0.1, -0.05) is 18.2 Å². The molecule has 1 saturated carbocycles. The van der Waals surface area contributed by atoms with Gasteiger partial charge in [0.2, 0.25) is 5.88 Å². The molecule has 0 N–H and O–H groups in total. The van der Waals surface area contributed by atoms with Gasteiger partial charge in [-0.3, -0.25) is 4.98 Å². The lowest BCUT2D eigenvalue weighted by Crippen LogP contribution is -2.02. The van der Waals surface area contributed by atoms with E-state index in [9.17, 15) is 0 Å². The summed E-state index contributed by atoms with van der Waals surface area (Å²) in [6.07, 6.45) is 8.20. The maximum atomic E-state index is 5.48. The highest BCUT2D eigenvalue weighted by atomic mass is 16.5. The molecule has 0 saturated heterocycles. The second-order valence-electron chi connectivity index (χ2n) is 7.86. The van der Waals surface area contributed by atoms with E-state index < -0.39 is 0 Å². The van der Waals surface area contributed by atoms with Crippen LogP contribution in [0.25, 0.3) is 27.8 Å². The summed E-state index contributed by atoms with van der Waals surface area (Å²) in [5, 5.41) is 5.88. The normalized spacial score (nSPS) is 17.6. The van der Waals surface area contributed by atoms with E-state index in [4.69, 9.17) is 14.6 Å². The molecule has 1 aliphatic rings. The lowest BCUT2D eigenvalue weighted by Gasteiger charge is -2.11. The third-order valence-corrected chi connectivity index (χ3v) is 6.02. The van der Waals surface area contributed by atoms with Gasteiger partial charge in [0.25, 0.3) is 0 Å². The molecule has 0 amide bonds. The Hall–Kier alpha value is -4.07. The molecule has 158 valence electrons. The van der Waals surface area contributed by atoms with Crippen molar-refractivity contribution in [3.05, 3.63) is 72.3 Å². The first-order valence-corrected chi connectivity index (χ1v) is 10.4. The number of rotatable bonds is 5. The lowest BCUT2D eigenvalue weighted by atomic mass is 10.0. The summed E-state index contributed by atoms with van der Waals surface area (Å²) in [6, 6.07) is 12.9. The molecule has 6 rings (SSSR count). The molecule has 0 spiro atoms. The van der Waals surface area contributed by atoms with Crippen LogP contribution in [-0.2, 0) is 0 Å². The maximum Gasteiger partial charge on any atom is 0.319 e. The number of hydrogen-bond acceptors (Lipinski definition) is 7. The highest BCUT2D eigenvalue weighted by Crippen LogP contribution is 2.56. The van der Waals surface area contributed by atoms with Crippen LogP contribution in [0.1, 0.15) is 29.4 Å². The van der Waals surface area contributed by atoms with Crippen molar-refractivity contribution in [3.8, 4) is 23.1 Å². The molecule has 4 heterocycles. The zero-order chi connectivity index (χ0) is 21.7. The number of benzene rings is 1. The van der Waals surface area contributed by atoms with Crippen LogP contribution in [0.2, 0.25) is 0 Å². The molecular formula is C24H20N6O2. The SMILES string of the molecule is COc1ncc(-c2cc(C3CC3c3ccc4cccnc4c3)c3nccn3n2)c(OC)n1. The Labute approximate surface area is 183 Å². The number of imidazole rings is 1. The van der Waals surface area contributed by atoms with Gasteiger partial charge < -0.3 is 9.47 Å². The second-order valence-corrected chi connectivity index (χ2v) is 7.86. The molecule has 0 aliphatic heterocycles. The van der Waals surface area contributed by atoms with Crippen LogP contribution in [0.5, 0.6) is 11.9 Å². The van der Waals surface area contributed by atoms with Crippen molar-refractivity contribution in [2.45, 2.75) is 18.3 Å². The zero-order valence-electron chi connectivity index (χ0n) is 17.6. The van der Waals surface area contributed by atoms with E-state index in [0.29, 0.717) is 23.3 Å². The highest BCUT2D eigenvalue weighted by molar-refractivity contribution is 5.79. The first-order chi connectivity index (χ1) is 15.7. The molecule has 1 aliphatic carbocycles. The van der Waals surface area contributed by atoms with E-state index in [0.717, 1.165) is 34.2 Å². The molecule has 0 bridgehead atoms. The van der Waals surface area contributed by atoms with Crippen LogP contribution >= 0.6 is 0 Å². The van der Waals surface area contributed by atoms with Gasteiger partial charge in [0.05, 0.1) is 31.0 Å². The maximum absolute atomic E-state index is 5.48. The fraction of sp³-hybridized carbons (Fsp3) is 0.208. The van der Waals surface area contributed by atoms with Crippen LogP contribution in [-0.4, -0.2) is 43.8 Å². The number of methoxy groups -OCH3 is 2. The molecule has 5 aromatic rings. The summed E-state index contributed by atoms with van der Waals surface area (Å²) in [7, 11) is 3.10. The topological polar surface area (TPSA) is 87.3 Å². The minimum atomic E-state index is 0.252. The van der Waals surface area contributed by atoms with E-state index in [1.165, 1.54) is 12.7 Å². The average molecular weight is 424 g/mol. The lowest BCUT2D eigenvalue weighted by molar-refractivity contribution is 0.353. The number of hydrogen-bond donors (Lipinski definition) is 0. The quantitative estimate of drug-likeness (QED) is 0.421. The van der Waals surface area contributed by atoms with E-state index >= 15 is 0 Å². The summed E-state index contributed by atoms with van der Waals surface area (Å²) in [5.74, 6) is 1.20. The molecular weight excluding hydrogens is 404 g/mol. The monoisotopic (exact) mass is 424 g/mol. The van der Waals surface area contributed by atoms with Crippen LogP contribution in [0, 0.1) is 0 Å². The van der Waals surface area contributed by atoms with Crippen molar-refractivity contribution in [2.75, 3.05) is 14.2 Å². The van der Waals surface area contributed by atoms with E-state index in [1.54, 1.807) is 19.5 Å². The second kappa shape index (κ2) is 7.26. The molecule has 8 nitrogen and oxygen atoms in total.